The van der Waals surface area contributed by atoms with Crippen LogP contribution in [0.2, 0.25) is 0 Å². The second kappa shape index (κ2) is 8.89. The Labute approximate surface area is 175 Å². The quantitative estimate of drug-likeness (QED) is 0.686. The van der Waals surface area contributed by atoms with Gasteiger partial charge < -0.3 is 5.32 Å². The van der Waals surface area contributed by atoms with Crippen LogP contribution in [0, 0.1) is 18.3 Å². The van der Waals surface area contributed by atoms with Crippen molar-refractivity contribution in [3.63, 3.8) is 0 Å². The Morgan fingerprint density at radius 2 is 2.00 bits per heavy atom. The highest BCUT2D eigenvalue weighted by atomic mass is 16.2. The Hall–Kier alpha value is -3.50. The van der Waals surface area contributed by atoms with Gasteiger partial charge in [0.1, 0.15) is 5.69 Å². The summed E-state index contributed by atoms with van der Waals surface area (Å²) in [7, 11) is 0. The molecule has 2 aromatic heterocycles. The number of nitriles is 1. The maximum absolute atomic E-state index is 12.4. The number of piperidine rings is 1. The Balaban J connectivity index is 1.46. The Morgan fingerprint density at radius 3 is 2.60 bits per heavy atom. The van der Waals surface area contributed by atoms with Crippen LogP contribution in [-0.4, -0.2) is 45.1 Å². The molecule has 0 bridgehead atoms. The van der Waals surface area contributed by atoms with Gasteiger partial charge in [-0.25, -0.2) is 0 Å². The predicted molar refractivity (Wildman–Crippen MR) is 113 cm³/mol. The van der Waals surface area contributed by atoms with Gasteiger partial charge in [0.15, 0.2) is 0 Å². The number of hydrogen-bond acceptors (Lipinski definition) is 5. The fourth-order valence-corrected chi connectivity index (χ4v) is 3.99. The first-order valence-corrected chi connectivity index (χ1v) is 10.1. The van der Waals surface area contributed by atoms with Crippen molar-refractivity contribution in [2.45, 2.75) is 31.8 Å². The number of carbonyl (C=O) groups excluding carboxylic acids is 1. The Morgan fingerprint density at radius 1 is 1.23 bits per heavy atom. The van der Waals surface area contributed by atoms with Crippen LogP contribution in [0.25, 0.3) is 0 Å². The molecule has 2 N–H and O–H groups in total. The second-order valence-electron chi connectivity index (χ2n) is 7.64. The molecule has 7 nitrogen and oxygen atoms in total. The Kier molecular flexibility index (Phi) is 5.87. The van der Waals surface area contributed by atoms with Crippen molar-refractivity contribution in [3.05, 3.63) is 82.9 Å². The topological polar surface area (TPSA) is 97.7 Å². The summed E-state index contributed by atoms with van der Waals surface area (Å²) >= 11 is 0. The van der Waals surface area contributed by atoms with Crippen molar-refractivity contribution in [1.29, 1.82) is 5.26 Å². The molecule has 1 aliphatic heterocycles. The third-order valence-electron chi connectivity index (χ3n) is 5.52. The van der Waals surface area contributed by atoms with E-state index < -0.39 is 0 Å². The van der Waals surface area contributed by atoms with E-state index in [0.29, 0.717) is 11.3 Å². The lowest BCUT2D eigenvalue weighted by atomic mass is 9.94. The molecule has 0 saturated carbocycles. The molecule has 7 heteroatoms. The van der Waals surface area contributed by atoms with Gasteiger partial charge in [-0.15, -0.1) is 0 Å². The predicted octanol–water partition coefficient (Wildman–Crippen LogP) is 2.97. The number of nitrogens with zero attached hydrogens (tertiary/aromatic N) is 4. The third kappa shape index (κ3) is 4.39. The van der Waals surface area contributed by atoms with Crippen molar-refractivity contribution in [2.75, 3.05) is 13.1 Å². The van der Waals surface area contributed by atoms with Crippen molar-refractivity contribution in [2.24, 2.45) is 0 Å². The van der Waals surface area contributed by atoms with Gasteiger partial charge in [0.25, 0.3) is 5.91 Å². The molecule has 0 aliphatic carbocycles. The lowest BCUT2D eigenvalue weighted by Crippen LogP contribution is -2.46. The molecule has 3 aromatic rings. The number of aryl methyl sites for hydroxylation is 1. The first-order valence-electron chi connectivity index (χ1n) is 10.1. The first-order chi connectivity index (χ1) is 14.6. The molecule has 4 rings (SSSR count). The average molecular weight is 400 g/mol. The number of H-pyrrole nitrogens is 1. The van der Waals surface area contributed by atoms with Crippen molar-refractivity contribution in [1.82, 2.24) is 25.4 Å². The molecule has 0 radical (unpaired) electrons. The molecule has 1 fully saturated rings. The highest BCUT2D eigenvalue weighted by Crippen LogP contribution is 2.31. The number of aromatic nitrogens is 3. The number of pyridine rings is 1. The van der Waals surface area contributed by atoms with Gasteiger partial charge in [0.05, 0.1) is 17.7 Å². The third-order valence-corrected chi connectivity index (χ3v) is 5.52. The van der Waals surface area contributed by atoms with Gasteiger partial charge in [0.2, 0.25) is 0 Å². The second-order valence-corrected chi connectivity index (χ2v) is 7.64. The summed E-state index contributed by atoms with van der Waals surface area (Å²) in [6, 6.07) is 15.9. The molecular formula is C23H24N6O. The number of hydrogen-bond donors (Lipinski definition) is 2. The maximum atomic E-state index is 12.4. The lowest BCUT2D eigenvalue weighted by Gasteiger charge is -2.38. The molecule has 152 valence electrons. The van der Waals surface area contributed by atoms with Crippen LogP contribution < -0.4 is 5.32 Å². The molecule has 3 heterocycles. The van der Waals surface area contributed by atoms with E-state index in [4.69, 9.17) is 5.26 Å². The lowest BCUT2D eigenvalue weighted by molar-refractivity contribution is 0.0895. The van der Waals surface area contributed by atoms with Gasteiger partial charge in [-0.05, 0) is 55.2 Å². The summed E-state index contributed by atoms with van der Waals surface area (Å²) in [6.45, 7) is 3.58. The summed E-state index contributed by atoms with van der Waals surface area (Å²) in [5, 5.41) is 19.1. The first kappa shape index (κ1) is 19.8. The molecule has 30 heavy (non-hydrogen) atoms. The summed E-state index contributed by atoms with van der Waals surface area (Å²) in [4.78, 5) is 19.1. The summed E-state index contributed by atoms with van der Waals surface area (Å²) < 4.78 is 0. The monoisotopic (exact) mass is 400 g/mol. The minimum Gasteiger partial charge on any atom is -0.348 e. The van der Waals surface area contributed by atoms with E-state index in [9.17, 15) is 4.79 Å². The van der Waals surface area contributed by atoms with E-state index in [1.807, 2.05) is 43.5 Å². The highest BCUT2D eigenvalue weighted by molar-refractivity contribution is 5.92. The van der Waals surface area contributed by atoms with Crippen LogP contribution in [0.3, 0.4) is 0 Å². The van der Waals surface area contributed by atoms with Gasteiger partial charge in [-0.1, -0.05) is 18.2 Å². The number of rotatable bonds is 5. The van der Waals surface area contributed by atoms with Crippen molar-refractivity contribution >= 4 is 5.91 Å². The molecule has 1 saturated heterocycles. The molecule has 1 aromatic carbocycles. The summed E-state index contributed by atoms with van der Waals surface area (Å²) in [5.41, 5.74) is 4.21. The maximum Gasteiger partial charge on any atom is 0.271 e. The van der Waals surface area contributed by atoms with Gasteiger partial charge in [-0.2, -0.15) is 10.4 Å². The number of amides is 1. The molecule has 1 aliphatic rings. The standard InChI is InChI=1S/C23H24N6O/c1-16-13-21(28-27-16)23(30)26-20-8-11-29(12-9-20)22(19-3-2-10-25-15-19)18-6-4-17(14-24)5-7-18/h2-7,10,13,15,20,22H,8-9,11-12H2,1H3,(H,26,30)(H,27,28). The molecule has 1 amide bonds. The zero-order chi connectivity index (χ0) is 20.9. The SMILES string of the molecule is Cc1cc(C(=O)NC2CCN(C(c3ccc(C#N)cc3)c3cccnc3)CC2)n[nH]1. The number of carbonyl (C=O) groups is 1. The van der Waals surface area contributed by atoms with E-state index in [0.717, 1.165) is 42.8 Å². The highest BCUT2D eigenvalue weighted by Gasteiger charge is 2.28. The minimum absolute atomic E-state index is 0.0667. The van der Waals surface area contributed by atoms with Crippen molar-refractivity contribution < 1.29 is 4.79 Å². The Bertz CT molecular complexity index is 1030. The van der Waals surface area contributed by atoms with E-state index >= 15 is 0 Å². The summed E-state index contributed by atoms with van der Waals surface area (Å²) in [6.07, 6.45) is 5.40. The smallest absolute Gasteiger partial charge is 0.271 e. The number of benzene rings is 1. The minimum atomic E-state index is -0.131. The molecule has 1 atom stereocenters. The van der Waals surface area contributed by atoms with Gasteiger partial charge in [-0.3, -0.25) is 19.8 Å². The van der Waals surface area contributed by atoms with Gasteiger partial charge >= 0.3 is 0 Å². The molecule has 0 spiro atoms. The van der Waals surface area contributed by atoms with Crippen LogP contribution in [0.15, 0.2) is 54.9 Å². The van der Waals surface area contributed by atoms with Crippen LogP contribution >= 0.6 is 0 Å². The zero-order valence-corrected chi connectivity index (χ0v) is 16.9. The van der Waals surface area contributed by atoms with Crippen LogP contribution in [0.4, 0.5) is 0 Å². The average Bonchev–Trinajstić information content (AvgIpc) is 3.23. The number of aromatic amines is 1. The number of likely N-dealkylation sites (tertiary alicyclic amines) is 1. The molecule has 1 unspecified atom stereocenters. The van der Waals surface area contributed by atoms with Crippen LogP contribution in [0.1, 0.15) is 51.8 Å². The zero-order valence-electron chi connectivity index (χ0n) is 16.9. The fourth-order valence-electron chi connectivity index (χ4n) is 3.99. The van der Waals surface area contributed by atoms with Crippen molar-refractivity contribution in [3.8, 4) is 6.07 Å². The van der Waals surface area contributed by atoms with E-state index in [-0.39, 0.29) is 18.0 Å². The van der Waals surface area contributed by atoms with E-state index in [1.165, 1.54) is 0 Å². The van der Waals surface area contributed by atoms with E-state index in [2.05, 4.69) is 37.5 Å². The van der Waals surface area contributed by atoms with E-state index in [1.54, 1.807) is 12.3 Å². The molecular weight excluding hydrogens is 376 g/mol. The largest absolute Gasteiger partial charge is 0.348 e. The summed E-state index contributed by atoms with van der Waals surface area (Å²) in [5.74, 6) is -0.131. The number of nitrogens with one attached hydrogen (secondary N) is 2. The normalized spacial score (nSPS) is 16.0. The van der Waals surface area contributed by atoms with Gasteiger partial charge in [0, 0.05) is 37.2 Å². The fraction of sp³-hybridized carbons (Fsp3) is 0.304. The van der Waals surface area contributed by atoms with Crippen LogP contribution in [0.5, 0.6) is 0 Å². The van der Waals surface area contributed by atoms with Crippen LogP contribution in [-0.2, 0) is 0 Å².